The smallest absolute Gasteiger partial charge is 0.331 e. The fourth-order valence-electron chi connectivity index (χ4n) is 1.63. The summed E-state index contributed by atoms with van der Waals surface area (Å²) in [6, 6.07) is 6.77. The van der Waals surface area contributed by atoms with Gasteiger partial charge in [0.25, 0.3) is 5.91 Å². The van der Waals surface area contributed by atoms with Crippen molar-refractivity contribution in [3.63, 3.8) is 0 Å². The van der Waals surface area contributed by atoms with E-state index in [1.165, 1.54) is 0 Å². The van der Waals surface area contributed by atoms with Crippen LogP contribution in [-0.4, -0.2) is 31.1 Å². The second kappa shape index (κ2) is 9.63. The molecule has 0 bridgehead atoms. The molecule has 1 N–H and O–H groups in total. The van der Waals surface area contributed by atoms with Crippen LogP contribution in [0.1, 0.15) is 25.5 Å². The van der Waals surface area contributed by atoms with E-state index in [1.54, 1.807) is 38.1 Å². The highest BCUT2D eigenvalue weighted by atomic mass is 35.5. The number of rotatable bonds is 7. The van der Waals surface area contributed by atoms with Crippen LogP contribution in [0, 0.1) is 0 Å². The summed E-state index contributed by atoms with van der Waals surface area (Å²) in [4.78, 5) is 34.1. The van der Waals surface area contributed by atoms with E-state index in [9.17, 15) is 14.4 Å². The molecule has 0 fully saturated rings. The summed E-state index contributed by atoms with van der Waals surface area (Å²) in [5, 5.41) is 3.29. The van der Waals surface area contributed by atoms with E-state index in [0.717, 1.165) is 17.7 Å². The van der Waals surface area contributed by atoms with Crippen molar-refractivity contribution in [2.45, 2.75) is 19.9 Å². The molecule has 1 rings (SSSR count). The predicted octanol–water partition coefficient (Wildman–Crippen LogP) is 2.18. The molecule has 0 aromatic heterocycles. The number of hydrogen-bond acceptors (Lipinski definition) is 5. The Balaban J connectivity index is 2.37. The molecule has 0 heterocycles. The SMILES string of the molecule is CCOC(=O)/C=C/C(=O)OCC(=O)N[C@H](C)c1ccc(Cl)cc1. The van der Waals surface area contributed by atoms with Crippen LogP contribution in [0.3, 0.4) is 0 Å². The molecule has 1 atom stereocenters. The average molecular weight is 340 g/mol. The van der Waals surface area contributed by atoms with E-state index in [1.807, 2.05) is 0 Å². The molecule has 0 aliphatic heterocycles. The summed E-state index contributed by atoms with van der Waals surface area (Å²) in [6.07, 6.45) is 1.86. The van der Waals surface area contributed by atoms with E-state index in [0.29, 0.717) is 5.02 Å². The van der Waals surface area contributed by atoms with Gasteiger partial charge in [0, 0.05) is 17.2 Å². The van der Waals surface area contributed by atoms with Crippen LogP contribution >= 0.6 is 11.6 Å². The maximum atomic E-state index is 11.7. The Morgan fingerprint density at radius 3 is 2.26 bits per heavy atom. The standard InChI is InChI=1S/C16H18ClNO5/c1-3-22-15(20)8-9-16(21)23-10-14(19)18-11(2)12-4-6-13(17)7-5-12/h4-9,11H,3,10H2,1-2H3,(H,18,19)/b9-8+/t11-/m1/s1. The second-order valence-corrected chi connectivity index (χ2v) is 4.97. The number of benzene rings is 1. The highest BCUT2D eigenvalue weighted by Crippen LogP contribution is 2.15. The minimum absolute atomic E-state index is 0.212. The molecular formula is C16H18ClNO5. The number of halogens is 1. The zero-order valence-electron chi connectivity index (χ0n) is 12.9. The van der Waals surface area contributed by atoms with Gasteiger partial charge in [0.1, 0.15) is 0 Å². The van der Waals surface area contributed by atoms with Gasteiger partial charge in [-0.05, 0) is 31.5 Å². The Morgan fingerprint density at radius 2 is 1.70 bits per heavy atom. The first kappa shape index (κ1) is 18.7. The summed E-state index contributed by atoms with van der Waals surface area (Å²) in [6.45, 7) is 3.22. The predicted molar refractivity (Wildman–Crippen MR) is 84.7 cm³/mol. The van der Waals surface area contributed by atoms with Crippen molar-refractivity contribution in [3.8, 4) is 0 Å². The van der Waals surface area contributed by atoms with Crippen molar-refractivity contribution in [1.29, 1.82) is 0 Å². The number of carbonyl (C=O) groups excluding carboxylic acids is 3. The van der Waals surface area contributed by atoms with Crippen molar-refractivity contribution in [1.82, 2.24) is 5.32 Å². The van der Waals surface area contributed by atoms with Crippen LogP contribution in [0.25, 0.3) is 0 Å². The summed E-state index contributed by atoms with van der Waals surface area (Å²) >= 11 is 5.79. The van der Waals surface area contributed by atoms with Crippen LogP contribution in [0.4, 0.5) is 0 Å². The van der Waals surface area contributed by atoms with E-state index >= 15 is 0 Å². The zero-order chi connectivity index (χ0) is 17.2. The lowest BCUT2D eigenvalue weighted by molar-refractivity contribution is -0.144. The molecule has 1 aromatic rings. The van der Waals surface area contributed by atoms with Crippen LogP contribution in [0.15, 0.2) is 36.4 Å². The first-order valence-electron chi connectivity index (χ1n) is 6.98. The third-order valence-electron chi connectivity index (χ3n) is 2.74. The van der Waals surface area contributed by atoms with Gasteiger partial charge in [0.05, 0.1) is 12.6 Å². The first-order chi connectivity index (χ1) is 10.9. The monoisotopic (exact) mass is 339 g/mol. The van der Waals surface area contributed by atoms with Crippen LogP contribution in [0.2, 0.25) is 5.02 Å². The summed E-state index contributed by atoms with van der Waals surface area (Å²) in [5.74, 6) is -1.90. The van der Waals surface area contributed by atoms with Crippen molar-refractivity contribution < 1.29 is 23.9 Å². The molecule has 0 saturated heterocycles. The van der Waals surface area contributed by atoms with E-state index in [4.69, 9.17) is 16.3 Å². The zero-order valence-corrected chi connectivity index (χ0v) is 13.6. The number of carbonyl (C=O) groups is 3. The number of hydrogen-bond donors (Lipinski definition) is 1. The highest BCUT2D eigenvalue weighted by Gasteiger charge is 2.11. The molecule has 23 heavy (non-hydrogen) atoms. The maximum Gasteiger partial charge on any atom is 0.331 e. The van der Waals surface area contributed by atoms with Crippen LogP contribution in [0.5, 0.6) is 0 Å². The number of amides is 1. The molecule has 0 radical (unpaired) electrons. The number of ether oxygens (including phenoxy) is 2. The largest absolute Gasteiger partial charge is 0.463 e. The molecule has 0 aliphatic carbocycles. The molecule has 7 heteroatoms. The number of esters is 2. The lowest BCUT2D eigenvalue weighted by Gasteiger charge is -2.14. The second-order valence-electron chi connectivity index (χ2n) is 4.53. The van der Waals surface area contributed by atoms with E-state index in [-0.39, 0.29) is 12.6 Å². The van der Waals surface area contributed by atoms with Crippen molar-refractivity contribution in [3.05, 3.63) is 47.0 Å². The molecule has 0 aliphatic rings. The van der Waals surface area contributed by atoms with Gasteiger partial charge in [-0.15, -0.1) is 0 Å². The summed E-state index contributed by atoms with van der Waals surface area (Å²) < 4.78 is 9.33. The molecule has 0 saturated carbocycles. The third-order valence-corrected chi connectivity index (χ3v) is 2.99. The molecule has 6 nitrogen and oxygen atoms in total. The van der Waals surface area contributed by atoms with E-state index in [2.05, 4.69) is 10.1 Å². The van der Waals surface area contributed by atoms with Gasteiger partial charge in [0.2, 0.25) is 0 Å². The Hall–Kier alpha value is -2.34. The summed E-state index contributed by atoms with van der Waals surface area (Å²) in [5.41, 5.74) is 0.872. The molecule has 0 unspecified atom stereocenters. The average Bonchev–Trinajstić information content (AvgIpc) is 2.51. The molecule has 1 amide bonds. The van der Waals surface area contributed by atoms with Gasteiger partial charge in [-0.25, -0.2) is 9.59 Å². The van der Waals surface area contributed by atoms with Crippen molar-refractivity contribution in [2.24, 2.45) is 0 Å². The van der Waals surface area contributed by atoms with Crippen LogP contribution < -0.4 is 5.32 Å². The van der Waals surface area contributed by atoms with Gasteiger partial charge >= 0.3 is 11.9 Å². The molecule has 1 aromatic carbocycles. The van der Waals surface area contributed by atoms with Gasteiger partial charge in [0.15, 0.2) is 6.61 Å². The van der Waals surface area contributed by atoms with Crippen molar-refractivity contribution in [2.75, 3.05) is 13.2 Å². The Labute approximate surface area is 139 Å². The fraction of sp³-hybridized carbons (Fsp3) is 0.312. The quantitative estimate of drug-likeness (QED) is 0.608. The van der Waals surface area contributed by atoms with Crippen molar-refractivity contribution >= 4 is 29.4 Å². The first-order valence-corrected chi connectivity index (χ1v) is 7.36. The topological polar surface area (TPSA) is 81.7 Å². The van der Waals surface area contributed by atoms with Gasteiger partial charge in [-0.3, -0.25) is 4.79 Å². The van der Waals surface area contributed by atoms with E-state index < -0.39 is 24.5 Å². The number of nitrogens with one attached hydrogen (secondary N) is 1. The lowest BCUT2D eigenvalue weighted by atomic mass is 10.1. The summed E-state index contributed by atoms with van der Waals surface area (Å²) in [7, 11) is 0. The maximum absolute atomic E-state index is 11.7. The molecular weight excluding hydrogens is 322 g/mol. The molecule has 0 spiro atoms. The van der Waals surface area contributed by atoms with Gasteiger partial charge in [-0.1, -0.05) is 23.7 Å². The Kier molecular flexibility index (Phi) is 7.83. The van der Waals surface area contributed by atoms with Gasteiger partial charge in [-0.2, -0.15) is 0 Å². The molecule has 124 valence electrons. The Morgan fingerprint density at radius 1 is 1.13 bits per heavy atom. The highest BCUT2D eigenvalue weighted by molar-refractivity contribution is 6.30. The Bertz CT molecular complexity index is 583. The minimum Gasteiger partial charge on any atom is -0.463 e. The lowest BCUT2D eigenvalue weighted by Crippen LogP contribution is -2.30. The normalized spacial score (nSPS) is 11.8. The third kappa shape index (κ3) is 7.46. The minimum atomic E-state index is -0.799. The fourth-order valence-corrected chi connectivity index (χ4v) is 1.76. The van der Waals surface area contributed by atoms with Gasteiger partial charge < -0.3 is 14.8 Å². The van der Waals surface area contributed by atoms with Crippen LogP contribution in [-0.2, 0) is 23.9 Å².